The topological polar surface area (TPSA) is 12.9 Å². The Morgan fingerprint density at radius 3 is 2.33 bits per heavy atom. The monoisotopic (exact) mass is 271 g/mol. The van der Waals surface area contributed by atoms with Gasteiger partial charge in [0, 0.05) is 17.2 Å². The summed E-state index contributed by atoms with van der Waals surface area (Å²) in [5, 5.41) is 0. The zero-order chi connectivity index (χ0) is 14.4. The normalized spacial score (nSPS) is 14.6. The van der Waals surface area contributed by atoms with Crippen LogP contribution in [0.2, 0.25) is 0 Å². The van der Waals surface area contributed by atoms with Crippen molar-refractivity contribution >= 4 is 0 Å². The molecule has 0 radical (unpaired) electrons. The molecule has 4 rings (SSSR count). The van der Waals surface area contributed by atoms with E-state index in [9.17, 15) is 0 Å². The Bertz CT molecular complexity index is 816. The number of fused-ring (bicyclic) bond motifs is 3. The molecule has 0 spiro atoms. The second-order valence-electron chi connectivity index (χ2n) is 6.15. The minimum atomic E-state index is 0.0779. The number of aromatic nitrogens is 1. The zero-order valence-electron chi connectivity index (χ0n) is 12.3. The highest BCUT2D eigenvalue weighted by atomic mass is 14.7. The van der Waals surface area contributed by atoms with Gasteiger partial charge in [-0.15, -0.1) is 0 Å². The van der Waals surface area contributed by atoms with Crippen LogP contribution in [-0.2, 0) is 5.41 Å². The van der Waals surface area contributed by atoms with E-state index < -0.39 is 0 Å². The van der Waals surface area contributed by atoms with Crippen LogP contribution >= 0.6 is 0 Å². The molecular weight excluding hydrogens is 254 g/mol. The molecule has 1 aliphatic rings. The number of rotatable bonds is 1. The van der Waals surface area contributed by atoms with E-state index in [2.05, 4.69) is 67.4 Å². The number of hydrogen-bond donors (Lipinski definition) is 0. The Labute approximate surface area is 125 Å². The molecule has 1 aromatic heterocycles. The minimum Gasteiger partial charge on any atom is -0.256 e. The second-order valence-corrected chi connectivity index (χ2v) is 6.15. The SMILES string of the molecule is CC1(C)c2ccccc2-c2cc(-c3ccccn3)ccc21. The molecule has 0 aliphatic heterocycles. The van der Waals surface area contributed by atoms with Crippen molar-refractivity contribution in [2.45, 2.75) is 19.3 Å². The molecule has 0 N–H and O–H groups in total. The third-order valence-electron chi connectivity index (χ3n) is 4.54. The Hall–Kier alpha value is -2.41. The van der Waals surface area contributed by atoms with Crippen LogP contribution in [0.1, 0.15) is 25.0 Å². The summed E-state index contributed by atoms with van der Waals surface area (Å²) in [5.41, 5.74) is 7.81. The first-order valence-electron chi connectivity index (χ1n) is 7.34. The molecule has 0 unspecified atom stereocenters. The lowest BCUT2D eigenvalue weighted by molar-refractivity contribution is 0.660. The second kappa shape index (κ2) is 4.29. The molecule has 2 aromatic carbocycles. The standard InChI is InChI=1S/C20H17N/c1-20(2)17-8-4-3-7-15(17)16-13-14(10-11-18(16)20)19-9-5-6-12-21-19/h3-13H,1-2H3. The number of benzene rings is 2. The summed E-state index contributed by atoms with van der Waals surface area (Å²) in [6.07, 6.45) is 1.85. The molecule has 0 saturated heterocycles. The summed E-state index contributed by atoms with van der Waals surface area (Å²) in [4.78, 5) is 4.47. The first-order valence-corrected chi connectivity index (χ1v) is 7.34. The maximum absolute atomic E-state index is 4.47. The molecule has 102 valence electrons. The van der Waals surface area contributed by atoms with Crippen LogP contribution in [0.15, 0.2) is 66.9 Å². The summed E-state index contributed by atoms with van der Waals surface area (Å²) in [6.45, 7) is 4.61. The number of hydrogen-bond acceptors (Lipinski definition) is 1. The van der Waals surface area contributed by atoms with Crippen molar-refractivity contribution < 1.29 is 0 Å². The van der Waals surface area contributed by atoms with Crippen LogP contribution in [0.25, 0.3) is 22.4 Å². The van der Waals surface area contributed by atoms with Crippen molar-refractivity contribution in [3.8, 4) is 22.4 Å². The minimum absolute atomic E-state index is 0.0779. The molecule has 0 fully saturated rings. The molecule has 3 aromatic rings. The Balaban J connectivity index is 1.96. The van der Waals surface area contributed by atoms with E-state index in [1.807, 2.05) is 18.3 Å². The van der Waals surface area contributed by atoms with Crippen LogP contribution in [0.4, 0.5) is 0 Å². The molecule has 0 saturated carbocycles. The van der Waals surface area contributed by atoms with E-state index in [4.69, 9.17) is 0 Å². The van der Waals surface area contributed by atoms with E-state index in [0.717, 1.165) is 5.69 Å². The van der Waals surface area contributed by atoms with Crippen molar-refractivity contribution in [3.63, 3.8) is 0 Å². The van der Waals surface area contributed by atoms with Gasteiger partial charge in [-0.3, -0.25) is 4.98 Å². The smallest absolute Gasteiger partial charge is 0.0702 e. The van der Waals surface area contributed by atoms with E-state index in [-0.39, 0.29) is 5.41 Å². The van der Waals surface area contributed by atoms with Gasteiger partial charge in [-0.2, -0.15) is 0 Å². The average molecular weight is 271 g/mol. The van der Waals surface area contributed by atoms with Gasteiger partial charge in [-0.05, 0) is 40.5 Å². The van der Waals surface area contributed by atoms with Gasteiger partial charge in [0.2, 0.25) is 0 Å². The van der Waals surface area contributed by atoms with E-state index in [1.54, 1.807) is 0 Å². The molecule has 0 bridgehead atoms. The van der Waals surface area contributed by atoms with Crippen molar-refractivity contribution in [2.24, 2.45) is 0 Å². The van der Waals surface area contributed by atoms with Gasteiger partial charge < -0.3 is 0 Å². The lowest BCUT2D eigenvalue weighted by atomic mass is 9.82. The summed E-state index contributed by atoms with van der Waals surface area (Å²) in [6, 6.07) is 21.5. The highest BCUT2D eigenvalue weighted by molar-refractivity contribution is 5.83. The molecule has 1 nitrogen and oxygen atoms in total. The average Bonchev–Trinajstić information content (AvgIpc) is 2.77. The Kier molecular flexibility index (Phi) is 2.52. The van der Waals surface area contributed by atoms with Crippen LogP contribution in [0.5, 0.6) is 0 Å². The third kappa shape index (κ3) is 1.74. The fourth-order valence-electron chi connectivity index (χ4n) is 3.41. The first kappa shape index (κ1) is 12.3. The van der Waals surface area contributed by atoms with Gasteiger partial charge in [-0.25, -0.2) is 0 Å². The molecule has 0 atom stereocenters. The van der Waals surface area contributed by atoms with Crippen LogP contribution < -0.4 is 0 Å². The van der Waals surface area contributed by atoms with Gasteiger partial charge in [-0.1, -0.05) is 56.3 Å². The van der Waals surface area contributed by atoms with Crippen molar-refractivity contribution in [1.82, 2.24) is 4.98 Å². The summed E-state index contributed by atoms with van der Waals surface area (Å²) < 4.78 is 0. The molecule has 1 heteroatoms. The molecular formula is C20H17N. The van der Waals surface area contributed by atoms with Crippen molar-refractivity contribution in [1.29, 1.82) is 0 Å². The molecule has 21 heavy (non-hydrogen) atoms. The number of pyridine rings is 1. The van der Waals surface area contributed by atoms with Gasteiger partial charge in [0.1, 0.15) is 0 Å². The van der Waals surface area contributed by atoms with Crippen molar-refractivity contribution in [3.05, 3.63) is 78.0 Å². The molecule has 0 amide bonds. The largest absolute Gasteiger partial charge is 0.256 e. The lowest BCUT2D eigenvalue weighted by Gasteiger charge is -2.21. The van der Waals surface area contributed by atoms with E-state index in [1.165, 1.54) is 27.8 Å². The van der Waals surface area contributed by atoms with E-state index >= 15 is 0 Å². The van der Waals surface area contributed by atoms with E-state index in [0.29, 0.717) is 0 Å². The lowest BCUT2D eigenvalue weighted by Crippen LogP contribution is -2.14. The Morgan fingerprint density at radius 1 is 0.762 bits per heavy atom. The Morgan fingerprint density at radius 2 is 1.52 bits per heavy atom. The summed E-state index contributed by atoms with van der Waals surface area (Å²) in [7, 11) is 0. The van der Waals surface area contributed by atoms with Crippen LogP contribution in [0.3, 0.4) is 0 Å². The molecule has 1 aliphatic carbocycles. The van der Waals surface area contributed by atoms with Gasteiger partial charge in [0.25, 0.3) is 0 Å². The summed E-state index contributed by atoms with van der Waals surface area (Å²) in [5.74, 6) is 0. The molecule has 1 heterocycles. The highest BCUT2D eigenvalue weighted by Gasteiger charge is 2.34. The highest BCUT2D eigenvalue weighted by Crippen LogP contribution is 2.49. The van der Waals surface area contributed by atoms with Gasteiger partial charge in [0.15, 0.2) is 0 Å². The fourth-order valence-corrected chi connectivity index (χ4v) is 3.41. The first-order chi connectivity index (χ1) is 10.2. The van der Waals surface area contributed by atoms with Gasteiger partial charge in [0.05, 0.1) is 5.69 Å². The fraction of sp³-hybridized carbons (Fsp3) is 0.150. The van der Waals surface area contributed by atoms with Gasteiger partial charge >= 0.3 is 0 Å². The number of nitrogens with zero attached hydrogens (tertiary/aromatic N) is 1. The van der Waals surface area contributed by atoms with Crippen LogP contribution in [-0.4, -0.2) is 4.98 Å². The predicted octanol–water partition coefficient (Wildman–Crippen LogP) is 5.05. The zero-order valence-corrected chi connectivity index (χ0v) is 12.3. The van der Waals surface area contributed by atoms with Crippen LogP contribution in [0, 0.1) is 0 Å². The third-order valence-corrected chi connectivity index (χ3v) is 4.54. The van der Waals surface area contributed by atoms with Crippen molar-refractivity contribution in [2.75, 3.05) is 0 Å². The maximum Gasteiger partial charge on any atom is 0.0702 e. The summed E-state index contributed by atoms with van der Waals surface area (Å²) >= 11 is 0. The predicted molar refractivity (Wildman–Crippen MR) is 87.2 cm³/mol. The maximum atomic E-state index is 4.47. The quantitative estimate of drug-likeness (QED) is 0.603.